The molecule has 0 saturated carbocycles. The van der Waals surface area contributed by atoms with E-state index < -0.39 is 17.2 Å². The number of aromatic nitrogens is 1. The molecule has 150 valence electrons. The molecular formula is C19H23FN4O4. The van der Waals surface area contributed by atoms with Gasteiger partial charge >= 0.3 is 5.97 Å². The van der Waals surface area contributed by atoms with Crippen LogP contribution >= 0.6 is 0 Å². The molecule has 28 heavy (non-hydrogen) atoms. The van der Waals surface area contributed by atoms with Crippen molar-refractivity contribution in [1.29, 1.82) is 0 Å². The molecule has 1 aromatic carbocycles. The van der Waals surface area contributed by atoms with Gasteiger partial charge in [-0.05, 0) is 26.0 Å². The molecule has 0 spiro atoms. The Bertz CT molecular complexity index is 994. The number of hydrogen-bond donors (Lipinski definition) is 2. The van der Waals surface area contributed by atoms with Crippen LogP contribution in [0.4, 0.5) is 10.1 Å². The largest absolute Gasteiger partial charge is 0.477 e. The van der Waals surface area contributed by atoms with E-state index in [1.165, 1.54) is 6.20 Å². The van der Waals surface area contributed by atoms with Gasteiger partial charge in [0.2, 0.25) is 5.43 Å². The highest BCUT2D eigenvalue weighted by Crippen LogP contribution is 2.26. The number of carbonyl (C=O) groups is 1. The van der Waals surface area contributed by atoms with Crippen LogP contribution in [0.3, 0.4) is 0 Å². The number of nitrogens with zero attached hydrogens (tertiary/aromatic N) is 4. The first-order valence-electron chi connectivity index (χ1n) is 9.10. The fourth-order valence-electron chi connectivity index (χ4n) is 3.56. The van der Waals surface area contributed by atoms with Gasteiger partial charge in [0, 0.05) is 50.9 Å². The fraction of sp³-hybridized carbons (Fsp3) is 0.421. The summed E-state index contributed by atoms with van der Waals surface area (Å²) in [5.41, 5.74) is 0.479. The summed E-state index contributed by atoms with van der Waals surface area (Å²) in [7, 11) is 0. The van der Waals surface area contributed by atoms with Gasteiger partial charge in [-0.3, -0.25) is 9.69 Å². The van der Waals surface area contributed by atoms with E-state index in [1.807, 2.05) is 11.8 Å². The maximum atomic E-state index is 14.8. The summed E-state index contributed by atoms with van der Waals surface area (Å²) in [5.74, 6) is -1.87. The van der Waals surface area contributed by atoms with Gasteiger partial charge in [0.25, 0.3) is 0 Å². The van der Waals surface area contributed by atoms with E-state index in [4.69, 9.17) is 5.21 Å². The second kappa shape index (κ2) is 7.97. The zero-order chi connectivity index (χ0) is 20.4. The maximum Gasteiger partial charge on any atom is 0.341 e. The van der Waals surface area contributed by atoms with Gasteiger partial charge in [-0.1, -0.05) is 5.16 Å². The molecule has 0 atom stereocenters. The summed E-state index contributed by atoms with van der Waals surface area (Å²) < 4.78 is 16.5. The Kier molecular flexibility index (Phi) is 5.64. The van der Waals surface area contributed by atoms with E-state index in [0.717, 1.165) is 6.07 Å². The van der Waals surface area contributed by atoms with Crippen LogP contribution in [0, 0.1) is 5.82 Å². The first-order chi connectivity index (χ1) is 13.3. The van der Waals surface area contributed by atoms with Gasteiger partial charge in [0.15, 0.2) is 0 Å². The van der Waals surface area contributed by atoms with Gasteiger partial charge in [0.1, 0.15) is 11.4 Å². The standard InChI is InChI=1S/C19H23FN4O4/c1-3-23-11-14(19(26)27)18(25)13-8-15(20)17(9-16(13)23)24-6-4-22(5-7-24)10-12(2)21-28/h8-9,11,28H,3-7,10H2,1-2H3,(H,26,27)/b21-12+. The summed E-state index contributed by atoms with van der Waals surface area (Å²) >= 11 is 0. The monoisotopic (exact) mass is 390 g/mol. The number of anilines is 1. The lowest BCUT2D eigenvalue weighted by atomic mass is 10.1. The van der Waals surface area contributed by atoms with Crippen LogP contribution < -0.4 is 10.3 Å². The zero-order valence-electron chi connectivity index (χ0n) is 15.9. The van der Waals surface area contributed by atoms with E-state index in [2.05, 4.69) is 10.1 Å². The molecule has 0 amide bonds. The minimum Gasteiger partial charge on any atom is -0.477 e. The summed E-state index contributed by atoms with van der Waals surface area (Å²) in [4.78, 5) is 27.8. The number of carboxylic acid groups (broad SMARTS) is 1. The van der Waals surface area contributed by atoms with Crippen molar-refractivity contribution in [2.75, 3.05) is 37.6 Å². The van der Waals surface area contributed by atoms with Crippen LogP contribution in [0.25, 0.3) is 10.9 Å². The second-order valence-corrected chi connectivity index (χ2v) is 6.88. The van der Waals surface area contributed by atoms with Gasteiger partial charge in [0.05, 0.1) is 16.9 Å². The molecule has 0 radical (unpaired) electrons. The van der Waals surface area contributed by atoms with Crippen LogP contribution in [0.5, 0.6) is 0 Å². The minimum atomic E-state index is -1.32. The van der Waals surface area contributed by atoms with Crippen molar-refractivity contribution >= 4 is 28.3 Å². The number of fused-ring (bicyclic) bond motifs is 1. The minimum absolute atomic E-state index is 0.0661. The summed E-state index contributed by atoms with van der Waals surface area (Å²) in [5, 5.41) is 21.3. The zero-order valence-corrected chi connectivity index (χ0v) is 15.9. The van der Waals surface area contributed by atoms with Crippen molar-refractivity contribution in [2.45, 2.75) is 20.4 Å². The van der Waals surface area contributed by atoms with Crippen LogP contribution in [0.1, 0.15) is 24.2 Å². The van der Waals surface area contributed by atoms with Gasteiger partial charge in [-0.15, -0.1) is 0 Å². The normalized spacial score (nSPS) is 16.0. The smallest absolute Gasteiger partial charge is 0.341 e. The molecule has 1 fully saturated rings. The lowest BCUT2D eigenvalue weighted by Gasteiger charge is -2.36. The summed E-state index contributed by atoms with van der Waals surface area (Å²) in [6, 6.07) is 2.76. The number of aromatic carboxylic acids is 1. The molecule has 9 heteroatoms. The Hall–Kier alpha value is -2.94. The number of oxime groups is 1. The Labute approximate surface area is 161 Å². The third kappa shape index (κ3) is 3.70. The summed E-state index contributed by atoms with van der Waals surface area (Å²) in [6.45, 7) is 7.13. The quantitative estimate of drug-likeness (QED) is 0.459. The van der Waals surface area contributed by atoms with Gasteiger partial charge in [-0.25, -0.2) is 9.18 Å². The molecule has 1 aromatic heterocycles. The van der Waals surface area contributed by atoms with E-state index >= 15 is 0 Å². The van der Waals surface area contributed by atoms with Crippen molar-refractivity contribution in [2.24, 2.45) is 5.16 Å². The lowest BCUT2D eigenvalue weighted by molar-refractivity contribution is 0.0695. The molecule has 0 aliphatic carbocycles. The fourth-order valence-corrected chi connectivity index (χ4v) is 3.56. The maximum absolute atomic E-state index is 14.8. The summed E-state index contributed by atoms with van der Waals surface area (Å²) in [6.07, 6.45) is 1.31. The molecule has 2 aromatic rings. The number of aryl methyl sites for hydroxylation is 1. The predicted octanol–water partition coefficient (Wildman–Crippen LogP) is 1.83. The highest BCUT2D eigenvalue weighted by molar-refractivity contribution is 5.93. The molecule has 8 nitrogen and oxygen atoms in total. The average molecular weight is 390 g/mol. The first kappa shape index (κ1) is 19.8. The number of hydrogen-bond acceptors (Lipinski definition) is 6. The lowest BCUT2D eigenvalue weighted by Crippen LogP contribution is -2.48. The third-order valence-electron chi connectivity index (χ3n) is 5.06. The number of pyridine rings is 1. The average Bonchev–Trinajstić information content (AvgIpc) is 2.68. The number of halogens is 1. The van der Waals surface area contributed by atoms with Gasteiger partial charge in [-0.2, -0.15) is 0 Å². The number of benzene rings is 1. The predicted molar refractivity (Wildman–Crippen MR) is 104 cm³/mol. The van der Waals surface area contributed by atoms with E-state index in [1.54, 1.807) is 17.6 Å². The SMILES string of the molecule is CCn1cc(C(=O)O)c(=O)c2cc(F)c(N3CCN(C/C(C)=N/O)CC3)cc21. The van der Waals surface area contributed by atoms with Crippen molar-refractivity contribution < 1.29 is 19.5 Å². The number of carboxylic acids is 1. The van der Waals surface area contributed by atoms with Crippen LogP contribution in [-0.4, -0.2) is 64.2 Å². The Morgan fingerprint density at radius 1 is 1.25 bits per heavy atom. The molecular weight excluding hydrogens is 367 g/mol. The van der Waals surface area contributed by atoms with Crippen molar-refractivity contribution in [3.63, 3.8) is 0 Å². The molecule has 0 bridgehead atoms. The van der Waals surface area contributed by atoms with Crippen molar-refractivity contribution in [1.82, 2.24) is 9.47 Å². The van der Waals surface area contributed by atoms with Crippen LogP contribution in [0.2, 0.25) is 0 Å². The van der Waals surface area contributed by atoms with Crippen molar-refractivity contribution in [3.05, 3.63) is 39.9 Å². The van der Waals surface area contributed by atoms with Crippen molar-refractivity contribution in [3.8, 4) is 0 Å². The Balaban J connectivity index is 1.96. The molecule has 2 heterocycles. The number of rotatable bonds is 5. The third-order valence-corrected chi connectivity index (χ3v) is 5.06. The topological polar surface area (TPSA) is 98.4 Å². The molecule has 2 N–H and O–H groups in total. The second-order valence-electron chi connectivity index (χ2n) is 6.88. The molecule has 1 saturated heterocycles. The van der Waals surface area contributed by atoms with E-state index in [-0.39, 0.29) is 10.9 Å². The molecule has 1 aliphatic heterocycles. The highest BCUT2D eigenvalue weighted by atomic mass is 19.1. The Morgan fingerprint density at radius 2 is 1.93 bits per heavy atom. The van der Waals surface area contributed by atoms with Crippen LogP contribution in [-0.2, 0) is 6.54 Å². The van der Waals surface area contributed by atoms with Gasteiger partial charge < -0.3 is 19.8 Å². The number of piperazine rings is 1. The first-order valence-corrected chi connectivity index (χ1v) is 9.10. The van der Waals surface area contributed by atoms with E-state index in [9.17, 15) is 19.1 Å². The van der Waals surface area contributed by atoms with E-state index in [0.29, 0.717) is 56.2 Å². The van der Waals surface area contributed by atoms with Crippen LogP contribution in [0.15, 0.2) is 28.3 Å². The highest BCUT2D eigenvalue weighted by Gasteiger charge is 2.22. The molecule has 1 aliphatic rings. The molecule has 0 unspecified atom stereocenters. The molecule has 3 rings (SSSR count). The Morgan fingerprint density at radius 3 is 2.50 bits per heavy atom.